The van der Waals surface area contributed by atoms with Crippen LogP contribution in [0.2, 0.25) is 0 Å². The van der Waals surface area contributed by atoms with Gasteiger partial charge in [0.05, 0.1) is 6.26 Å². The van der Waals surface area contributed by atoms with Crippen LogP contribution in [-0.4, -0.2) is 31.6 Å². The summed E-state index contributed by atoms with van der Waals surface area (Å²) in [6.45, 7) is 1.85. The smallest absolute Gasteiger partial charge is 0.223 e. The number of carbonyl (C=O) groups excluding carboxylic acids is 1. The third-order valence-corrected chi connectivity index (χ3v) is 3.05. The molecule has 0 aliphatic carbocycles. The second kappa shape index (κ2) is 6.57. The second-order valence-corrected chi connectivity index (χ2v) is 4.39. The van der Waals surface area contributed by atoms with Crippen LogP contribution in [0.4, 0.5) is 0 Å². The molecule has 1 N–H and O–H groups in total. The Balaban J connectivity index is 1.58. The first-order valence-corrected chi connectivity index (χ1v) is 6.24. The molecule has 2 rings (SSSR count). The zero-order valence-corrected chi connectivity index (χ0v) is 9.98. The van der Waals surface area contributed by atoms with Gasteiger partial charge in [0.2, 0.25) is 5.78 Å². The number of piperidine rings is 1. The summed E-state index contributed by atoms with van der Waals surface area (Å²) < 4.78 is 10.4. The predicted octanol–water partition coefficient (Wildman–Crippen LogP) is 2.01. The lowest BCUT2D eigenvalue weighted by molar-refractivity contribution is 0.0710. The summed E-state index contributed by atoms with van der Waals surface area (Å²) in [5.74, 6) is 0.285. The molecule has 1 aliphatic rings. The van der Waals surface area contributed by atoms with Gasteiger partial charge in [-0.2, -0.15) is 0 Å². The molecule has 0 unspecified atom stereocenters. The average molecular weight is 237 g/mol. The number of nitrogens with one attached hydrogen (secondary N) is 1. The van der Waals surface area contributed by atoms with E-state index in [9.17, 15) is 4.79 Å². The van der Waals surface area contributed by atoms with Crippen molar-refractivity contribution in [2.45, 2.75) is 31.7 Å². The maximum Gasteiger partial charge on any atom is 0.223 e. The van der Waals surface area contributed by atoms with Crippen molar-refractivity contribution in [2.24, 2.45) is 0 Å². The highest BCUT2D eigenvalue weighted by Gasteiger charge is 2.13. The Labute approximate surface area is 101 Å². The Morgan fingerprint density at radius 2 is 2.47 bits per heavy atom. The number of ether oxygens (including phenoxy) is 1. The van der Waals surface area contributed by atoms with Crippen molar-refractivity contribution in [2.75, 3.05) is 19.8 Å². The van der Waals surface area contributed by atoms with Crippen molar-refractivity contribution in [3.63, 3.8) is 0 Å². The first kappa shape index (κ1) is 12.3. The number of Topliss-reactive ketones (excluding diaryl/α,β-unsaturated/α-hetero) is 1. The van der Waals surface area contributed by atoms with Crippen molar-refractivity contribution < 1.29 is 13.9 Å². The van der Waals surface area contributed by atoms with Gasteiger partial charge < -0.3 is 14.5 Å². The van der Waals surface area contributed by atoms with E-state index in [0.29, 0.717) is 18.4 Å². The van der Waals surface area contributed by atoms with Gasteiger partial charge in [-0.1, -0.05) is 6.42 Å². The van der Waals surface area contributed by atoms with Gasteiger partial charge in [-0.05, 0) is 37.9 Å². The monoisotopic (exact) mass is 237 g/mol. The van der Waals surface area contributed by atoms with Crippen LogP contribution in [0.1, 0.15) is 36.2 Å². The maximum atomic E-state index is 11.5. The molecule has 4 nitrogen and oxygen atoms in total. The molecule has 0 amide bonds. The van der Waals surface area contributed by atoms with Crippen LogP contribution in [0.25, 0.3) is 0 Å². The minimum Gasteiger partial charge on any atom is -0.461 e. The Bertz CT molecular complexity index is 328. The molecule has 0 bridgehead atoms. The zero-order valence-electron chi connectivity index (χ0n) is 9.98. The maximum absolute atomic E-state index is 11.5. The van der Waals surface area contributed by atoms with E-state index in [1.807, 2.05) is 0 Å². The fourth-order valence-electron chi connectivity index (χ4n) is 2.07. The third kappa shape index (κ3) is 3.98. The summed E-state index contributed by atoms with van der Waals surface area (Å²) in [4.78, 5) is 11.5. The molecular weight excluding hydrogens is 218 g/mol. The molecule has 1 atom stereocenters. The van der Waals surface area contributed by atoms with Crippen LogP contribution in [0.3, 0.4) is 0 Å². The molecule has 2 heterocycles. The Hall–Kier alpha value is -1.13. The van der Waals surface area contributed by atoms with Crippen LogP contribution in [0, 0.1) is 0 Å². The Kier molecular flexibility index (Phi) is 4.76. The average Bonchev–Trinajstić information content (AvgIpc) is 2.89. The van der Waals surface area contributed by atoms with Gasteiger partial charge in [-0.3, -0.25) is 4.79 Å². The van der Waals surface area contributed by atoms with Gasteiger partial charge in [-0.25, -0.2) is 0 Å². The molecule has 4 heteroatoms. The molecule has 1 saturated heterocycles. The van der Waals surface area contributed by atoms with Crippen molar-refractivity contribution in [1.29, 1.82) is 0 Å². The Morgan fingerprint density at radius 1 is 1.53 bits per heavy atom. The van der Waals surface area contributed by atoms with Gasteiger partial charge in [0.25, 0.3) is 0 Å². The highest BCUT2D eigenvalue weighted by atomic mass is 16.5. The van der Waals surface area contributed by atoms with E-state index in [4.69, 9.17) is 9.15 Å². The van der Waals surface area contributed by atoms with Gasteiger partial charge in [-0.15, -0.1) is 0 Å². The number of ketones is 1. The number of carbonyl (C=O) groups is 1. The summed E-state index contributed by atoms with van der Waals surface area (Å²) in [6, 6.07) is 3.93. The summed E-state index contributed by atoms with van der Waals surface area (Å²) >= 11 is 0. The molecule has 1 aromatic heterocycles. The molecule has 0 saturated carbocycles. The van der Waals surface area contributed by atoms with Crippen molar-refractivity contribution in [3.05, 3.63) is 24.2 Å². The molecule has 0 aromatic carbocycles. The molecule has 17 heavy (non-hydrogen) atoms. The van der Waals surface area contributed by atoms with Crippen LogP contribution in [-0.2, 0) is 4.74 Å². The fourth-order valence-corrected chi connectivity index (χ4v) is 2.07. The summed E-state index contributed by atoms with van der Waals surface area (Å²) in [7, 11) is 0. The highest BCUT2D eigenvalue weighted by molar-refractivity contribution is 5.94. The van der Waals surface area contributed by atoms with E-state index in [1.54, 1.807) is 12.1 Å². The zero-order chi connectivity index (χ0) is 11.9. The molecule has 1 aromatic rings. The second-order valence-electron chi connectivity index (χ2n) is 4.39. The largest absolute Gasteiger partial charge is 0.461 e. The number of furan rings is 1. The lowest BCUT2D eigenvalue weighted by atomic mass is 10.0. The lowest BCUT2D eigenvalue weighted by Crippen LogP contribution is -2.34. The first-order chi connectivity index (χ1) is 8.36. The minimum absolute atomic E-state index is 0.0911. The number of hydrogen-bond acceptors (Lipinski definition) is 4. The van der Waals surface area contributed by atoms with Gasteiger partial charge in [0.1, 0.15) is 6.61 Å². The van der Waals surface area contributed by atoms with Gasteiger partial charge in [0, 0.05) is 12.6 Å². The van der Waals surface area contributed by atoms with E-state index in [1.165, 1.54) is 25.5 Å². The Morgan fingerprint density at radius 3 is 3.18 bits per heavy atom. The van der Waals surface area contributed by atoms with E-state index < -0.39 is 0 Å². The van der Waals surface area contributed by atoms with Gasteiger partial charge in [0.15, 0.2) is 5.76 Å². The topological polar surface area (TPSA) is 51.5 Å². The van der Waals surface area contributed by atoms with Crippen LogP contribution in [0.15, 0.2) is 22.8 Å². The first-order valence-electron chi connectivity index (χ1n) is 6.24. The third-order valence-electron chi connectivity index (χ3n) is 3.05. The minimum atomic E-state index is -0.0911. The standard InChI is InChI=1S/C13H19NO3/c15-12(13-5-3-8-17-13)10-16-9-6-11-4-1-2-7-14-11/h3,5,8,11,14H,1-2,4,6-7,9-10H2/t11-/m0/s1. The van der Waals surface area contributed by atoms with Crippen molar-refractivity contribution in [1.82, 2.24) is 5.32 Å². The lowest BCUT2D eigenvalue weighted by Gasteiger charge is -2.23. The number of rotatable bonds is 6. The molecule has 0 spiro atoms. The van der Waals surface area contributed by atoms with E-state index >= 15 is 0 Å². The van der Waals surface area contributed by atoms with Crippen LogP contribution >= 0.6 is 0 Å². The normalized spacial score (nSPS) is 20.4. The van der Waals surface area contributed by atoms with E-state index in [-0.39, 0.29) is 12.4 Å². The summed E-state index contributed by atoms with van der Waals surface area (Å²) in [5.41, 5.74) is 0. The van der Waals surface area contributed by atoms with Crippen molar-refractivity contribution in [3.8, 4) is 0 Å². The summed E-state index contributed by atoms with van der Waals surface area (Å²) in [6.07, 6.45) is 6.26. The molecule has 94 valence electrons. The summed E-state index contributed by atoms with van der Waals surface area (Å²) in [5, 5.41) is 3.45. The molecular formula is C13H19NO3. The molecule has 1 fully saturated rings. The van der Waals surface area contributed by atoms with Gasteiger partial charge >= 0.3 is 0 Å². The quantitative estimate of drug-likeness (QED) is 0.607. The van der Waals surface area contributed by atoms with E-state index in [0.717, 1.165) is 13.0 Å². The van der Waals surface area contributed by atoms with Crippen LogP contribution in [0.5, 0.6) is 0 Å². The van der Waals surface area contributed by atoms with Crippen molar-refractivity contribution >= 4 is 5.78 Å². The SMILES string of the molecule is O=C(COCC[C@@H]1CCCCN1)c1ccco1. The molecule has 0 radical (unpaired) electrons. The van der Waals surface area contributed by atoms with E-state index in [2.05, 4.69) is 5.32 Å². The molecule has 1 aliphatic heterocycles. The predicted molar refractivity (Wildman–Crippen MR) is 64.1 cm³/mol. The van der Waals surface area contributed by atoms with Crippen LogP contribution < -0.4 is 5.32 Å². The number of hydrogen-bond donors (Lipinski definition) is 1. The fraction of sp³-hybridized carbons (Fsp3) is 0.615. The highest BCUT2D eigenvalue weighted by Crippen LogP contribution is 2.10.